The molecular weight excluding hydrogens is 162 g/mol. The second-order valence-electron chi connectivity index (χ2n) is 4.83. The van der Waals surface area contributed by atoms with Gasteiger partial charge in [0.2, 0.25) is 0 Å². The molecule has 2 heteroatoms. The Hall–Kier alpha value is -0.0800. The van der Waals surface area contributed by atoms with Gasteiger partial charge in [-0.3, -0.25) is 4.84 Å². The standard InChI is InChI=1S/C11H23NO/c1-7-9-11(5,8-2)10(3,4)12(6)13-9/h9H,7-8H2,1-6H3. The largest absolute Gasteiger partial charge is 0.295 e. The van der Waals surface area contributed by atoms with Crippen molar-refractivity contribution in [2.24, 2.45) is 5.41 Å². The summed E-state index contributed by atoms with van der Waals surface area (Å²) in [7, 11) is 2.05. The van der Waals surface area contributed by atoms with Crippen LogP contribution in [0.4, 0.5) is 0 Å². The van der Waals surface area contributed by atoms with Crippen LogP contribution in [-0.4, -0.2) is 23.8 Å². The Bertz CT molecular complexity index is 191. The van der Waals surface area contributed by atoms with Gasteiger partial charge in [0.1, 0.15) is 0 Å². The molecular formula is C11H23NO. The van der Waals surface area contributed by atoms with Crippen LogP contribution in [0.5, 0.6) is 0 Å². The molecule has 1 heterocycles. The third-order valence-electron chi connectivity index (χ3n) is 4.29. The van der Waals surface area contributed by atoms with Crippen molar-refractivity contribution in [2.45, 2.75) is 59.1 Å². The van der Waals surface area contributed by atoms with E-state index in [1.807, 2.05) is 12.1 Å². The Morgan fingerprint density at radius 1 is 1.23 bits per heavy atom. The molecule has 1 rings (SSSR count). The van der Waals surface area contributed by atoms with Gasteiger partial charge in [0.05, 0.1) is 6.10 Å². The monoisotopic (exact) mass is 185 g/mol. The molecule has 13 heavy (non-hydrogen) atoms. The first-order chi connectivity index (χ1) is 5.90. The van der Waals surface area contributed by atoms with E-state index in [9.17, 15) is 0 Å². The molecule has 1 aliphatic heterocycles. The van der Waals surface area contributed by atoms with Crippen molar-refractivity contribution >= 4 is 0 Å². The molecule has 0 radical (unpaired) electrons. The molecule has 0 aliphatic carbocycles. The number of rotatable bonds is 2. The van der Waals surface area contributed by atoms with E-state index in [1.54, 1.807) is 0 Å². The van der Waals surface area contributed by atoms with E-state index in [4.69, 9.17) is 4.84 Å². The summed E-state index contributed by atoms with van der Waals surface area (Å²) < 4.78 is 0. The number of hydrogen-bond acceptors (Lipinski definition) is 2. The van der Waals surface area contributed by atoms with E-state index in [2.05, 4.69) is 34.6 Å². The van der Waals surface area contributed by atoms with E-state index in [0.717, 1.165) is 6.42 Å². The zero-order valence-corrected chi connectivity index (χ0v) is 9.85. The maximum atomic E-state index is 5.87. The highest BCUT2D eigenvalue weighted by atomic mass is 16.7. The Morgan fingerprint density at radius 2 is 1.77 bits per heavy atom. The molecule has 0 aromatic heterocycles. The SMILES string of the molecule is CCC1ON(C)C(C)(C)C1(C)CC. The first-order valence-corrected chi connectivity index (χ1v) is 5.30. The van der Waals surface area contributed by atoms with Crippen molar-refractivity contribution in [1.82, 2.24) is 5.06 Å². The molecule has 0 saturated carbocycles. The van der Waals surface area contributed by atoms with Crippen molar-refractivity contribution in [3.05, 3.63) is 0 Å². The van der Waals surface area contributed by atoms with Crippen molar-refractivity contribution in [2.75, 3.05) is 7.05 Å². The van der Waals surface area contributed by atoms with E-state index in [0.29, 0.717) is 6.10 Å². The molecule has 2 atom stereocenters. The van der Waals surface area contributed by atoms with Gasteiger partial charge in [-0.25, -0.2) is 0 Å². The predicted octanol–water partition coefficient (Wildman–Crippen LogP) is 2.84. The van der Waals surface area contributed by atoms with E-state index < -0.39 is 0 Å². The molecule has 78 valence electrons. The van der Waals surface area contributed by atoms with Crippen LogP contribution < -0.4 is 0 Å². The summed E-state index contributed by atoms with van der Waals surface area (Å²) in [6.45, 7) is 11.3. The molecule has 2 nitrogen and oxygen atoms in total. The van der Waals surface area contributed by atoms with E-state index >= 15 is 0 Å². The minimum Gasteiger partial charge on any atom is -0.295 e. The second-order valence-corrected chi connectivity index (χ2v) is 4.83. The fraction of sp³-hybridized carbons (Fsp3) is 1.00. The molecule has 0 spiro atoms. The van der Waals surface area contributed by atoms with Crippen LogP contribution in [0.25, 0.3) is 0 Å². The van der Waals surface area contributed by atoms with Gasteiger partial charge in [-0.05, 0) is 26.7 Å². The summed E-state index contributed by atoms with van der Waals surface area (Å²) in [5, 5.41) is 2.03. The lowest BCUT2D eigenvalue weighted by Crippen LogP contribution is -2.47. The summed E-state index contributed by atoms with van der Waals surface area (Å²) in [5.74, 6) is 0. The molecule has 0 aromatic carbocycles. The highest BCUT2D eigenvalue weighted by molar-refractivity contribution is 5.02. The highest BCUT2D eigenvalue weighted by Gasteiger charge is 2.54. The third kappa shape index (κ3) is 1.31. The lowest BCUT2D eigenvalue weighted by atomic mass is 9.67. The van der Waals surface area contributed by atoms with Gasteiger partial charge in [-0.2, -0.15) is 5.06 Å². The fourth-order valence-corrected chi connectivity index (χ4v) is 2.38. The van der Waals surface area contributed by atoms with Gasteiger partial charge in [0.25, 0.3) is 0 Å². The predicted molar refractivity (Wildman–Crippen MR) is 55.4 cm³/mol. The van der Waals surface area contributed by atoms with Crippen LogP contribution in [0.3, 0.4) is 0 Å². The zero-order chi connectivity index (χ0) is 10.3. The summed E-state index contributed by atoms with van der Waals surface area (Å²) in [6.07, 6.45) is 2.64. The van der Waals surface area contributed by atoms with E-state index in [1.165, 1.54) is 6.42 Å². The van der Waals surface area contributed by atoms with Crippen molar-refractivity contribution in [3.8, 4) is 0 Å². The maximum Gasteiger partial charge on any atom is 0.0862 e. The van der Waals surface area contributed by atoms with Gasteiger partial charge in [0, 0.05) is 18.0 Å². The van der Waals surface area contributed by atoms with Crippen molar-refractivity contribution in [3.63, 3.8) is 0 Å². The van der Waals surface area contributed by atoms with Crippen LogP contribution in [0, 0.1) is 5.41 Å². The Balaban J connectivity index is 2.98. The Labute approximate surface area is 82.2 Å². The summed E-state index contributed by atoms with van der Waals surface area (Å²) in [6, 6.07) is 0. The van der Waals surface area contributed by atoms with Gasteiger partial charge in [0.15, 0.2) is 0 Å². The fourth-order valence-electron chi connectivity index (χ4n) is 2.38. The normalized spacial score (nSPS) is 39.7. The lowest BCUT2D eigenvalue weighted by Gasteiger charge is -2.40. The quantitative estimate of drug-likeness (QED) is 0.656. The summed E-state index contributed by atoms with van der Waals surface area (Å²) in [5.41, 5.74) is 0.416. The van der Waals surface area contributed by atoms with Gasteiger partial charge in [-0.15, -0.1) is 0 Å². The number of nitrogens with zero attached hydrogens (tertiary/aromatic N) is 1. The van der Waals surface area contributed by atoms with Crippen LogP contribution >= 0.6 is 0 Å². The molecule has 0 aromatic rings. The third-order valence-corrected chi connectivity index (χ3v) is 4.29. The molecule has 1 saturated heterocycles. The van der Waals surface area contributed by atoms with Crippen LogP contribution in [0.1, 0.15) is 47.5 Å². The highest BCUT2D eigenvalue weighted by Crippen LogP contribution is 2.49. The number of hydrogen-bond donors (Lipinski definition) is 0. The topological polar surface area (TPSA) is 12.5 Å². The summed E-state index contributed by atoms with van der Waals surface area (Å²) >= 11 is 0. The smallest absolute Gasteiger partial charge is 0.0862 e. The first-order valence-electron chi connectivity index (χ1n) is 5.30. The molecule has 0 bridgehead atoms. The van der Waals surface area contributed by atoms with Crippen molar-refractivity contribution < 1.29 is 4.84 Å². The van der Waals surface area contributed by atoms with Crippen molar-refractivity contribution in [1.29, 1.82) is 0 Å². The van der Waals surface area contributed by atoms with Crippen LogP contribution in [-0.2, 0) is 4.84 Å². The van der Waals surface area contributed by atoms with E-state index in [-0.39, 0.29) is 11.0 Å². The maximum absolute atomic E-state index is 5.87. The molecule has 2 unspecified atom stereocenters. The Kier molecular flexibility index (Phi) is 2.75. The van der Waals surface area contributed by atoms with Crippen LogP contribution in [0.2, 0.25) is 0 Å². The van der Waals surface area contributed by atoms with Gasteiger partial charge in [-0.1, -0.05) is 20.8 Å². The molecule has 1 fully saturated rings. The number of hydroxylamine groups is 2. The molecule has 0 amide bonds. The Morgan fingerprint density at radius 3 is 2.08 bits per heavy atom. The van der Waals surface area contributed by atoms with Crippen LogP contribution in [0.15, 0.2) is 0 Å². The zero-order valence-electron chi connectivity index (χ0n) is 9.85. The average Bonchev–Trinajstić information content (AvgIpc) is 2.26. The molecule has 1 aliphatic rings. The average molecular weight is 185 g/mol. The van der Waals surface area contributed by atoms with Gasteiger partial charge < -0.3 is 0 Å². The minimum absolute atomic E-state index is 0.141. The summed E-state index contributed by atoms with van der Waals surface area (Å²) in [4.78, 5) is 5.87. The lowest BCUT2D eigenvalue weighted by molar-refractivity contribution is -0.161. The first kappa shape index (κ1) is 11.0. The van der Waals surface area contributed by atoms with Gasteiger partial charge >= 0.3 is 0 Å². The second kappa shape index (κ2) is 3.25. The molecule has 0 N–H and O–H groups in total. The minimum atomic E-state index is 0.141.